The first-order valence-electron chi connectivity index (χ1n) is 50.3. The van der Waals surface area contributed by atoms with Crippen LogP contribution in [0.5, 0.6) is 0 Å². The fraction of sp³-hybridized carbons (Fsp3) is 0. The predicted molar refractivity (Wildman–Crippen MR) is 618 cm³/mol. The summed E-state index contributed by atoms with van der Waals surface area (Å²) in [4.78, 5) is 53.6. The quantitative estimate of drug-likeness (QED) is 0.0810. The van der Waals surface area contributed by atoms with Gasteiger partial charge in [-0.15, -0.1) is 0 Å². The van der Waals surface area contributed by atoms with Crippen molar-refractivity contribution in [2.24, 2.45) is 0 Å². The Morgan fingerprint density at radius 3 is 0.720 bits per heavy atom. The van der Waals surface area contributed by atoms with Gasteiger partial charge in [0, 0.05) is 102 Å². The highest BCUT2D eigenvalue weighted by atomic mass is 15.0. The number of rotatable bonds is 18. The van der Waals surface area contributed by atoms with Crippen molar-refractivity contribution in [3.8, 4) is 202 Å². The van der Waals surface area contributed by atoms with Crippen molar-refractivity contribution in [1.82, 2.24) is 54.8 Å². The van der Waals surface area contributed by atoms with Crippen molar-refractivity contribution in [3.05, 3.63) is 552 Å². The standard InChI is InChI=1S/C47H31N3.2C46H30N4/c1-3-12-35(13-4-1)43-31-44(50-47(49-43)39-14-5-2-6-15-39)36-24-26-37(27-25-36)45-40-18-8-7-11-32(40)28-29-41(45)33-20-22-34(23-21-33)42-19-9-16-38-17-10-30-48-46(38)42;1-3-12-35(13-4-1)44-48-45(36-14-5-2-6-15-36)50-46(49-44)37-25-23-34(24-26-37)43-40-17-9-7-11-32(40)27-28-41(43)33-21-19-31(20-22-33)39-29-38-16-8-10-18-42(38)47-30-39;1-3-12-36(13-4-1)44-48-45(37-14-5-2-6-15-37)50-46(49-44)38-26-24-34(25-27-38)42-39-18-8-7-11-31(39)28-29-40(42)32-20-22-33(23-21-32)41-19-9-16-35-17-10-30-47-43(35)41/h1-31H;2*1-30H. The first kappa shape index (κ1) is 91.0. The molecule has 0 aliphatic heterocycles. The van der Waals surface area contributed by atoms with Crippen LogP contribution in [0.4, 0.5) is 0 Å². The van der Waals surface area contributed by atoms with Gasteiger partial charge in [0.05, 0.1) is 27.9 Å². The molecule has 0 unspecified atom stereocenters. The average molecular weight is 1920 g/mol. The van der Waals surface area contributed by atoms with E-state index in [1.54, 1.807) is 0 Å². The van der Waals surface area contributed by atoms with E-state index in [1.165, 1.54) is 71.3 Å². The SMILES string of the molecule is c1ccc(-c2cc(-c3ccc(-c4c(-c5ccc(-c6cccc7cccnc67)cc5)ccc5ccccc45)cc3)nc(-c3ccccc3)n2)cc1.c1ccc(-c2nc(-c3ccccc3)nc(-c3ccc(-c4c(-c5ccc(-c6cccc7cccnc67)cc5)ccc5ccccc45)cc3)n2)cc1.c1ccc(-c2nc(-c3ccccc3)nc(-c3ccc(-c4c(-c5ccc(-c6cnc7ccccc7c6)cc5)ccc5ccccc45)cc3)n2)cc1. The molecule has 0 saturated heterocycles. The van der Waals surface area contributed by atoms with Crippen LogP contribution in [0.3, 0.4) is 0 Å². The Morgan fingerprint density at radius 1 is 0.127 bits per heavy atom. The zero-order valence-electron chi connectivity index (χ0n) is 81.5. The molecule has 27 aromatic rings. The van der Waals surface area contributed by atoms with Crippen molar-refractivity contribution in [2.75, 3.05) is 0 Å². The molecule has 0 N–H and O–H groups in total. The second kappa shape index (κ2) is 41.2. The number of fused-ring (bicyclic) bond motifs is 6. The normalized spacial score (nSPS) is 11.2. The van der Waals surface area contributed by atoms with E-state index in [0.717, 1.165) is 155 Å². The van der Waals surface area contributed by atoms with Crippen molar-refractivity contribution in [3.63, 3.8) is 0 Å². The average Bonchev–Trinajstić information content (AvgIpc) is 0.765. The number of nitrogens with zero attached hydrogens (tertiary/aromatic N) is 11. The number of aromatic nitrogens is 11. The van der Waals surface area contributed by atoms with Crippen LogP contribution >= 0.6 is 0 Å². The van der Waals surface area contributed by atoms with Crippen molar-refractivity contribution >= 4 is 65.0 Å². The first-order valence-corrected chi connectivity index (χ1v) is 50.3. The molecule has 0 amide bonds. The van der Waals surface area contributed by atoms with E-state index >= 15 is 0 Å². The highest BCUT2D eigenvalue weighted by molar-refractivity contribution is 6.08. The van der Waals surface area contributed by atoms with E-state index in [2.05, 4.69) is 367 Å². The third kappa shape index (κ3) is 18.9. The second-order valence-electron chi connectivity index (χ2n) is 37.0. The summed E-state index contributed by atoms with van der Waals surface area (Å²) >= 11 is 0. The molecular formula is C139H91N11. The third-order valence-electron chi connectivity index (χ3n) is 27.7. The molecule has 702 valence electrons. The van der Waals surface area contributed by atoms with Gasteiger partial charge in [0.2, 0.25) is 0 Å². The van der Waals surface area contributed by atoms with Crippen molar-refractivity contribution < 1.29 is 0 Å². The molecule has 0 aliphatic carbocycles. The monoisotopic (exact) mass is 1910 g/mol. The highest BCUT2D eigenvalue weighted by Gasteiger charge is 2.23. The van der Waals surface area contributed by atoms with Crippen LogP contribution in [0.2, 0.25) is 0 Å². The van der Waals surface area contributed by atoms with Gasteiger partial charge in [-0.2, -0.15) is 0 Å². The topological polar surface area (TPSA) is 142 Å². The molecule has 0 atom stereocenters. The maximum absolute atomic E-state index is 5.05. The van der Waals surface area contributed by atoms with Crippen LogP contribution in [0.1, 0.15) is 0 Å². The Hall–Kier alpha value is -20.3. The molecule has 0 saturated carbocycles. The minimum Gasteiger partial charge on any atom is -0.256 e. The van der Waals surface area contributed by atoms with Gasteiger partial charge in [0.25, 0.3) is 0 Å². The van der Waals surface area contributed by atoms with Gasteiger partial charge < -0.3 is 0 Å². The first-order chi connectivity index (χ1) is 74.3. The minimum absolute atomic E-state index is 0.640. The van der Waals surface area contributed by atoms with Gasteiger partial charge in [-0.3, -0.25) is 15.0 Å². The van der Waals surface area contributed by atoms with Gasteiger partial charge in [-0.05, 0) is 146 Å². The van der Waals surface area contributed by atoms with Crippen LogP contribution in [0.15, 0.2) is 552 Å². The third-order valence-corrected chi connectivity index (χ3v) is 27.7. The fourth-order valence-electron chi connectivity index (χ4n) is 20.2. The molecule has 21 aromatic carbocycles. The molecule has 0 radical (unpaired) electrons. The Labute approximate surface area is 868 Å². The molecule has 0 fully saturated rings. The molecule has 0 aliphatic rings. The molecule has 6 aromatic heterocycles. The number of para-hydroxylation sites is 3. The maximum atomic E-state index is 5.05. The number of hydrogen-bond acceptors (Lipinski definition) is 11. The molecule has 0 bridgehead atoms. The summed E-state index contributed by atoms with van der Waals surface area (Å²) in [6.07, 6.45) is 5.68. The summed E-state index contributed by atoms with van der Waals surface area (Å²) < 4.78 is 0. The molecule has 6 heterocycles. The van der Waals surface area contributed by atoms with Gasteiger partial charge in [-0.25, -0.2) is 39.9 Å². The van der Waals surface area contributed by atoms with Crippen LogP contribution in [-0.2, 0) is 0 Å². The lowest BCUT2D eigenvalue weighted by molar-refractivity contribution is 1.07. The number of benzene rings is 21. The Balaban J connectivity index is 0.000000116. The Morgan fingerprint density at radius 2 is 0.373 bits per heavy atom. The molecule has 150 heavy (non-hydrogen) atoms. The van der Waals surface area contributed by atoms with Crippen molar-refractivity contribution in [1.29, 1.82) is 0 Å². The lowest BCUT2D eigenvalue weighted by Gasteiger charge is -2.16. The molecule has 27 rings (SSSR count). The van der Waals surface area contributed by atoms with Gasteiger partial charge >= 0.3 is 0 Å². The van der Waals surface area contributed by atoms with Gasteiger partial charge in [0.15, 0.2) is 40.8 Å². The van der Waals surface area contributed by atoms with E-state index < -0.39 is 0 Å². The summed E-state index contributed by atoms with van der Waals surface area (Å²) in [5, 5.41) is 10.7. The van der Waals surface area contributed by atoms with E-state index in [-0.39, 0.29) is 0 Å². The number of hydrogen-bond donors (Lipinski definition) is 0. The van der Waals surface area contributed by atoms with E-state index in [0.29, 0.717) is 40.8 Å². The van der Waals surface area contributed by atoms with Gasteiger partial charge in [-0.1, -0.05) is 504 Å². The van der Waals surface area contributed by atoms with E-state index in [9.17, 15) is 0 Å². The zero-order valence-corrected chi connectivity index (χ0v) is 81.5. The van der Waals surface area contributed by atoms with E-state index in [1.807, 2.05) is 201 Å². The predicted octanol–water partition coefficient (Wildman–Crippen LogP) is 35.3. The minimum atomic E-state index is 0.640. The smallest absolute Gasteiger partial charge is 0.164 e. The van der Waals surface area contributed by atoms with Crippen LogP contribution in [0.25, 0.3) is 267 Å². The summed E-state index contributed by atoms with van der Waals surface area (Å²) in [7, 11) is 0. The summed E-state index contributed by atoms with van der Waals surface area (Å²) in [6, 6.07) is 186. The molecule has 11 heteroatoms. The van der Waals surface area contributed by atoms with Crippen LogP contribution < -0.4 is 0 Å². The number of pyridine rings is 3. The molecule has 0 spiro atoms. The fourth-order valence-corrected chi connectivity index (χ4v) is 20.2. The second-order valence-corrected chi connectivity index (χ2v) is 37.0. The molecule has 11 nitrogen and oxygen atoms in total. The zero-order chi connectivity index (χ0) is 99.8. The summed E-state index contributed by atoms with van der Waals surface area (Å²) in [5.74, 6) is 4.60. The highest BCUT2D eigenvalue weighted by Crippen LogP contribution is 2.46. The lowest BCUT2D eigenvalue weighted by Crippen LogP contribution is -2.00. The van der Waals surface area contributed by atoms with Crippen LogP contribution in [-0.4, -0.2) is 54.8 Å². The summed E-state index contributed by atoms with van der Waals surface area (Å²) in [6.45, 7) is 0. The Bertz CT molecular complexity index is 9050. The largest absolute Gasteiger partial charge is 0.256 e. The maximum Gasteiger partial charge on any atom is 0.164 e. The van der Waals surface area contributed by atoms with Crippen LogP contribution in [0, 0.1) is 0 Å². The van der Waals surface area contributed by atoms with Gasteiger partial charge in [0.1, 0.15) is 0 Å². The van der Waals surface area contributed by atoms with E-state index in [4.69, 9.17) is 39.9 Å². The van der Waals surface area contributed by atoms with Crippen molar-refractivity contribution in [2.45, 2.75) is 0 Å². The molecular weight excluding hydrogens is 1820 g/mol. The summed E-state index contributed by atoms with van der Waals surface area (Å²) in [5.41, 5.74) is 34.5. The Kier molecular flexibility index (Phi) is 25.0. The lowest BCUT2D eigenvalue weighted by atomic mass is 9.88.